The second kappa shape index (κ2) is 9.75. The first kappa shape index (κ1) is 19.7. The average Bonchev–Trinajstić information content (AvgIpc) is 2.64. The Labute approximate surface area is 150 Å². The third kappa shape index (κ3) is 5.99. The number of rotatable bonds is 8. The molecule has 0 aromatic heterocycles. The van der Waals surface area contributed by atoms with Crippen LogP contribution < -0.4 is 21.4 Å². The predicted molar refractivity (Wildman–Crippen MR) is 101 cm³/mol. The van der Waals surface area contributed by atoms with E-state index in [2.05, 4.69) is 34.7 Å². The van der Waals surface area contributed by atoms with E-state index in [4.69, 9.17) is 5.73 Å². The Kier molecular flexibility index (Phi) is 7.68. The van der Waals surface area contributed by atoms with Crippen molar-refractivity contribution < 1.29 is 15.2 Å². The van der Waals surface area contributed by atoms with Crippen molar-refractivity contribution in [3.05, 3.63) is 35.8 Å². The predicted octanol–water partition coefficient (Wildman–Crippen LogP) is 0.0306. The molecule has 6 nitrogen and oxygen atoms in total. The molecule has 7 N–H and O–H groups in total. The molecule has 2 aliphatic rings. The van der Waals surface area contributed by atoms with Crippen LogP contribution >= 0.6 is 0 Å². The zero-order chi connectivity index (χ0) is 18.2. The van der Waals surface area contributed by atoms with Gasteiger partial charge < -0.3 is 21.3 Å². The third-order valence-electron chi connectivity index (χ3n) is 5.03. The first-order valence-corrected chi connectivity index (χ1v) is 9.27. The number of hydrogen-bond donors (Lipinski definition) is 6. The van der Waals surface area contributed by atoms with E-state index in [1.807, 2.05) is 12.3 Å². The highest BCUT2D eigenvalue weighted by atomic mass is 16.3. The van der Waals surface area contributed by atoms with Gasteiger partial charge in [-0.2, -0.15) is 0 Å². The number of aliphatic hydroxyl groups is 2. The van der Waals surface area contributed by atoms with Crippen LogP contribution in [0.2, 0.25) is 0 Å². The summed E-state index contributed by atoms with van der Waals surface area (Å²) in [4.78, 5) is 3.30. The van der Waals surface area contributed by atoms with Crippen molar-refractivity contribution in [1.29, 1.82) is 0 Å². The van der Waals surface area contributed by atoms with Crippen LogP contribution in [-0.4, -0.2) is 41.9 Å². The van der Waals surface area contributed by atoms with Crippen LogP contribution in [0.15, 0.2) is 35.8 Å². The second-order valence-corrected chi connectivity index (χ2v) is 6.91. The minimum Gasteiger partial charge on any atom is -0.512 e. The molecule has 2 rings (SSSR count). The van der Waals surface area contributed by atoms with Crippen molar-refractivity contribution in [3.63, 3.8) is 0 Å². The standard InChI is InChI=1S/C19H32N4O2/c1-3-13-4-6-14(7-5-13)12-22-17(19(25)21-2)18(20)23-15-8-10-16(24)11-9-15/h4,6,8,10,12-14,17-19,21,23-25H,3,5,7,9,11,20H2,1-2H3/p+1. The van der Waals surface area contributed by atoms with Gasteiger partial charge in [-0.15, -0.1) is 0 Å². The molecule has 25 heavy (non-hydrogen) atoms. The highest BCUT2D eigenvalue weighted by molar-refractivity contribution is 5.57. The maximum atomic E-state index is 10.3. The molecule has 6 heteroatoms. The molecule has 5 unspecified atom stereocenters. The number of likely N-dealkylation sites (N-methyl/N-ethyl adjacent to an activating group) is 1. The first-order valence-electron chi connectivity index (χ1n) is 9.27. The van der Waals surface area contributed by atoms with Crippen molar-refractivity contribution in [1.82, 2.24) is 10.6 Å². The molecular formula is C19H33N4O2+. The molecule has 2 aliphatic carbocycles. The Bertz CT molecular complexity index is 542. The number of allylic oxidation sites excluding steroid dienone is 6. The smallest absolute Gasteiger partial charge is 0.222 e. The van der Waals surface area contributed by atoms with E-state index in [1.165, 1.54) is 12.8 Å². The topological polar surface area (TPSA) is 105 Å². The van der Waals surface area contributed by atoms with Gasteiger partial charge in [0.05, 0.1) is 11.7 Å². The number of aliphatic hydroxyl groups excluding tert-OH is 2. The molecule has 0 aromatic rings. The van der Waals surface area contributed by atoms with E-state index in [0.29, 0.717) is 30.4 Å². The third-order valence-corrected chi connectivity index (χ3v) is 5.03. The van der Waals surface area contributed by atoms with Gasteiger partial charge in [0, 0.05) is 12.1 Å². The average molecular weight is 349 g/mol. The maximum Gasteiger partial charge on any atom is 0.222 e. The largest absolute Gasteiger partial charge is 0.512 e. The van der Waals surface area contributed by atoms with Crippen LogP contribution in [0.5, 0.6) is 0 Å². The summed E-state index contributed by atoms with van der Waals surface area (Å²) in [7, 11) is 1.71. The van der Waals surface area contributed by atoms with Crippen LogP contribution in [-0.2, 0) is 0 Å². The van der Waals surface area contributed by atoms with Crippen LogP contribution in [0.1, 0.15) is 39.0 Å². The van der Waals surface area contributed by atoms with Crippen molar-refractivity contribution in [3.8, 4) is 0 Å². The Morgan fingerprint density at radius 1 is 1.32 bits per heavy atom. The fourth-order valence-electron chi connectivity index (χ4n) is 3.23. The summed E-state index contributed by atoms with van der Waals surface area (Å²) in [5, 5.41) is 25.8. The molecule has 0 spiro atoms. The molecule has 0 aromatic carbocycles. The number of nitrogens with two attached hydrogens (primary N) is 1. The Morgan fingerprint density at radius 2 is 2.12 bits per heavy atom. The lowest BCUT2D eigenvalue weighted by atomic mass is 9.88. The van der Waals surface area contributed by atoms with E-state index in [-0.39, 0.29) is 6.04 Å². The van der Waals surface area contributed by atoms with Crippen molar-refractivity contribution in [2.24, 2.45) is 17.6 Å². The highest BCUT2D eigenvalue weighted by Crippen LogP contribution is 2.22. The summed E-state index contributed by atoms with van der Waals surface area (Å²) >= 11 is 0. The summed E-state index contributed by atoms with van der Waals surface area (Å²) in [5.74, 6) is 1.43. The van der Waals surface area contributed by atoms with E-state index in [1.54, 1.807) is 13.1 Å². The zero-order valence-corrected chi connectivity index (χ0v) is 15.3. The molecule has 0 saturated carbocycles. The molecule has 0 radical (unpaired) electrons. The van der Waals surface area contributed by atoms with E-state index < -0.39 is 12.4 Å². The van der Waals surface area contributed by atoms with Gasteiger partial charge in [-0.1, -0.05) is 19.1 Å². The minimum atomic E-state index is -0.775. The lowest BCUT2D eigenvalue weighted by Crippen LogP contribution is -2.87. The van der Waals surface area contributed by atoms with Gasteiger partial charge in [0.1, 0.15) is 12.4 Å². The van der Waals surface area contributed by atoms with Gasteiger partial charge in [-0.25, -0.2) is 4.99 Å². The van der Waals surface area contributed by atoms with Crippen LogP contribution in [0, 0.1) is 11.8 Å². The summed E-state index contributed by atoms with van der Waals surface area (Å²) < 4.78 is 0. The Hall–Kier alpha value is -1.63. The van der Waals surface area contributed by atoms with Crippen molar-refractivity contribution in [2.45, 2.75) is 57.5 Å². The molecule has 0 aliphatic heterocycles. The van der Waals surface area contributed by atoms with Gasteiger partial charge >= 0.3 is 0 Å². The summed E-state index contributed by atoms with van der Waals surface area (Å²) in [6.45, 7) is 2.22. The van der Waals surface area contributed by atoms with E-state index in [9.17, 15) is 10.2 Å². The molecule has 0 bridgehead atoms. The highest BCUT2D eigenvalue weighted by Gasteiger charge is 2.30. The molecule has 5 atom stereocenters. The van der Waals surface area contributed by atoms with Gasteiger partial charge in [-0.3, -0.25) is 5.32 Å². The lowest BCUT2D eigenvalue weighted by molar-refractivity contribution is -0.520. The fraction of sp³-hybridized carbons (Fsp3) is 0.632. The van der Waals surface area contributed by atoms with Gasteiger partial charge in [0.25, 0.3) is 0 Å². The minimum absolute atomic E-state index is 0.357. The molecule has 0 amide bonds. The van der Waals surface area contributed by atoms with Crippen LogP contribution in [0.3, 0.4) is 0 Å². The van der Waals surface area contributed by atoms with Gasteiger partial charge in [0.2, 0.25) is 6.04 Å². The zero-order valence-electron chi connectivity index (χ0n) is 15.3. The van der Waals surface area contributed by atoms with E-state index >= 15 is 0 Å². The van der Waals surface area contributed by atoms with Crippen molar-refractivity contribution in [2.75, 3.05) is 7.05 Å². The Balaban J connectivity index is 1.99. The number of nitrogens with one attached hydrogen (secondary N) is 3. The SMILES string of the molecule is CCC1C=CC(C=[NH+]C(C(N)NC2=CC=C(O)CC2)C(O)NC)CC1. The van der Waals surface area contributed by atoms with E-state index in [0.717, 1.165) is 12.1 Å². The molecule has 0 heterocycles. The lowest BCUT2D eigenvalue weighted by Gasteiger charge is -2.25. The maximum absolute atomic E-state index is 10.3. The Morgan fingerprint density at radius 3 is 2.68 bits per heavy atom. The quantitative estimate of drug-likeness (QED) is 0.211. The van der Waals surface area contributed by atoms with Crippen LogP contribution in [0.4, 0.5) is 0 Å². The summed E-state index contributed by atoms with van der Waals surface area (Å²) in [6, 6.07) is -0.372. The van der Waals surface area contributed by atoms with Gasteiger partial charge in [0.15, 0.2) is 6.23 Å². The van der Waals surface area contributed by atoms with Crippen LogP contribution in [0.25, 0.3) is 0 Å². The summed E-state index contributed by atoms with van der Waals surface area (Å²) in [5.41, 5.74) is 7.25. The molecule has 0 saturated heterocycles. The molecular weight excluding hydrogens is 316 g/mol. The monoisotopic (exact) mass is 349 g/mol. The molecule has 140 valence electrons. The second-order valence-electron chi connectivity index (χ2n) is 6.91. The first-order chi connectivity index (χ1) is 12.0. The number of hydrogen-bond acceptors (Lipinski definition) is 5. The van der Waals surface area contributed by atoms with Gasteiger partial charge in [-0.05, 0) is 50.8 Å². The molecule has 0 fully saturated rings. The summed E-state index contributed by atoms with van der Waals surface area (Å²) in [6.07, 6.45) is 13.7. The normalized spacial score (nSPS) is 27.5. The van der Waals surface area contributed by atoms with Crippen molar-refractivity contribution >= 4 is 6.21 Å². The fourth-order valence-corrected chi connectivity index (χ4v) is 3.23.